The molecule has 0 spiro atoms. The number of imide groups is 1. The number of carbonyl (C=O) groups excluding carboxylic acids is 2. The summed E-state index contributed by atoms with van der Waals surface area (Å²) in [6.45, 7) is 12.3. The van der Waals surface area contributed by atoms with E-state index in [0.29, 0.717) is 24.5 Å². The van der Waals surface area contributed by atoms with Crippen molar-refractivity contribution in [2.24, 2.45) is 5.92 Å². The number of hydrogen-bond acceptors (Lipinski definition) is 3. The fourth-order valence-corrected chi connectivity index (χ4v) is 2.17. The maximum atomic E-state index is 11.6. The number of allylic oxidation sites excluding steroid dienone is 3. The van der Waals surface area contributed by atoms with Crippen molar-refractivity contribution in [3.05, 3.63) is 36.6 Å². The molecule has 116 valence electrons. The summed E-state index contributed by atoms with van der Waals surface area (Å²) in [5.41, 5.74) is 1.73. The molecular weight excluding hydrogens is 264 g/mol. The van der Waals surface area contributed by atoms with Gasteiger partial charge in [-0.3, -0.25) is 14.9 Å². The van der Waals surface area contributed by atoms with Crippen molar-refractivity contribution in [1.29, 1.82) is 0 Å². The molecule has 0 saturated carbocycles. The average Bonchev–Trinajstić information content (AvgIpc) is 2.45. The van der Waals surface area contributed by atoms with Gasteiger partial charge in [-0.15, -0.1) is 0 Å². The first-order valence-electron chi connectivity index (χ1n) is 7.60. The molecule has 0 radical (unpaired) electrons. The van der Waals surface area contributed by atoms with Gasteiger partial charge in [-0.05, 0) is 24.8 Å². The summed E-state index contributed by atoms with van der Waals surface area (Å²) < 4.78 is 0. The Morgan fingerprint density at radius 1 is 1.43 bits per heavy atom. The van der Waals surface area contributed by atoms with E-state index in [0.717, 1.165) is 12.0 Å². The van der Waals surface area contributed by atoms with Gasteiger partial charge in [0.15, 0.2) is 0 Å². The van der Waals surface area contributed by atoms with Crippen LogP contribution in [0, 0.1) is 5.92 Å². The summed E-state index contributed by atoms with van der Waals surface area (Å²) in [6.07, 6.45) is 8.17. The van der Waals surface area contributed by atoms with Gasteiger partial charge in [-0.2, -0.15) is 0 Å². The second-order valence-electron chi connectivity index (χ2n) is 5.62. The van der Waals surface area contributed by atoms with Crippen LogP contribution >= 0.6 is 0 Å². The lowest BCUT2D eigenvalue weighted by Gasteiger charge is -2.22. The topological polar surface area (TPSA) is 58.2 Å². The van der Waals surface area contributed by atoms with Crippen LogP contribution in [-0.4, -0.2) is 17.9 Å². The zero-order valence-electron chi connectivity index (χ0n) is 13.1. The minimum absolute atomic E-state index is 0.211. The highest BCUT2D eigenvalue weighted by molar-refractivity contribution is 6.00. The molecule has 2 unspecified atom stereocenters. The van der Waals surface area contributed by atoms with E-state index in [9.17, 15) is 9.59 Å². The monoisotopic (exact) mass is 290 g/mol. The third kappa shape index (κ3) is 5.98. The van der Waals surface area contributed by atoms with Crippen LogP contribution in [0.4, 0.5) is 0 Å². The van der Waals surface area contributed by atoms with Gasteiger partial charge in [0.25, 0.3) is 0 Å². The van der Waals surface area contributed by atoms with E-state index < -0.39 is 0 Å². The van der Waals surface area contributed by atoms with E-state index in [1.165, 1.54) is 12.8 Å². The van der Waals surface area contributed by atoms with Crippen molar-refractivity contribution in [3.8, 4) is 0 Å². The van der Waals surface area contributed by atoms with Gasteiger partial charge in [-0.25, -0.2) is 0 Å². The molecule has 0 bridgehead atoms. The normalized spacial score (nSPS) is 20.2. The molecule has 2 atom stereocenters. The first kappa shape index (κ1) is 17.2. The molecule has 2 N–H and O–H groups in total. The summed E-state index contributed by atoms with van der Waals surface area (Å²) >= 11 is 0. The zero-order chi connectivity index (χ0) is 15.8. The molecule has 2 amide bonds. The number of unbranched alkanes of at least 4 members (excludes halogenated alkanes) is 1. The van der Waals surface area contributed by atoms with Gasteiger partial charge in [0.2, 0.25) is 11.8 Å². The number of rotatable bonds is 8. The van der Waals surface area contributed by atoms with Crippen LogP contribution in [0.3, 0.4) is 0 Å². The summed E-state index contributed by atoms with van der Waals surface area (Å²) in [7, 11) is 0. The molecule has 1 rings (SSSR count). The largest absolute Gasteiger partial charge is 0.374 e. The number of piperidine rings is 1. The molecule has 4 nitrogen and oxygen atoms in total. The standard InChI is InChI=1S/C17H26N2O2/c1-5-6-7-12(2)13(3)8-9-14(4)18-15-10-11-16(20)19-17(15)21/h8-9,12,15,18H,3-7,10-11H2,1-2H3,(H,19,20,21)/b9-8-. The fourth-order valence-electron chi connectivity index (χ4n) is 2.17. The molecule has 4 heteroatoms. The lowest BCUT2D eigenvalue weighted by molar-refractivity contribution is -0.134. The van der Waals surface area contributed by atoms with Crippen LogP contribution in [0.5, 0.6) is 0 Å². The highest BCUT2D eigenvalue weighted by Gasteiger charge is 2.26. The molecule has 0 aromatic carbocycles. The van der Waals surface area contributed by atoms with Gasteiger partial charge < -0.3 is 5.32 Å². The van der Waals surface area contributed by atoms with Gasteiger partial charge in [0.1, 0.15) is 6.04 Å². The fraction of sp³-hybridized carbons (Fsp3) is 0.529. The van der Waals surface area contributed by atoms with Crippen molar-refractivity contribution >= 4 is 11.8 Å². The Morgan fingerprint density at radius 2 is 2.14 bits per heavy atom. The molecule has 0 aromatic heterocycles. The van der Waals surface area contributed by atoms with E-state index in [1.807, 2.05) is 12.2 Å². The predicted molar refractivity (Wildman–Crippen MR) is 85.4 cm³/mol. The van der Waals surface area contributed by atoms with E-state index in [-0.39, 0.29) is 17.9 Å². The van der Waals surface area contributed by atoms with Crippen molar-refractivity contribution in [2.75, 3.05) is 0 Å². The van der Waals surface area contributed by atoms with Gasteiger partial charge in [0, 0.05) is 12.1 Å². The Kier molecular flexibility index (Phi) is 6.92. The molecular formula is C17H26N2O2. The van der Waals surface area contributed by atoms with Crippen LogP contribution in [0.1, 0.15) is 46.0 Å². The third-order valence-electron chi connectivity index (χ3n) is 3.72. The SMILES string of the molecule is C=C(/C=C\C(=C)C(C)CCCC)NC1CCC(=O)NC1=O. The second kappa shape index (κ2) is 8.45. The van der Waals surface area contributed by atoms with Gasteiger partial charge in [-0.1, -0.05) is 51.5 Å². The van der Waals surface area contributed by atoms with Crippen molar-refractivity contribution in [3.63, 3.8) is 0 Å². The smallest absolute Gasteiger partial charge is 0.249 e. The first-order valence-corrected chi connectivity index (χ1v) is 7.60. The van der Waals surface area contributed by atoms with E-state index in [1.54, 1.807) is 0 Å². The summed E-state index contributed by atoms with van der Waals surface area (Å²) in [6, 6.07) is -0.384. The number of nitrogens with one attached hydrogen (secondary N) is 2. The molecule has 21 heavy (non-hydrogen) atoms. The van der Waals surface area contributed by atoms with E-state index in [4.69, 9.17) is 0 Å². The lowest BCUT2D eigenvalue weighted by atomic mass is 9.96. The van der Waals surface area contributed by atoms with E-state index in [2.05, 4.69) is 37.6 Å². The molecule has 1 aliphatic heterocycles. The van der Waals surface area contributed by atoms with Crippen LogP contribution in [-0.2, 0) is 9.59 Å². The summed E-state index contributed by atoms with van der Waals surface area (Å²) in [5, 5.41) is 5.36. The summed E-state index contributed by atoms with van der Waals surface area (Å²) in [4.78, 5) is 22.7. The number of carbonyl (C=O) groups is 2. The minimum atomic E-state index is -0.384. The third-order valence-corrected chi connectivity index (χ3v) is 3.72. The Labute approximate surface area is 127 Å². The quantitative estimate of drug-likeness (QED) is 0.534. The lowest BCUT2D eigenvalue weighted by Crippen LogP contribution is -2.50. The molecule has 1 saturated heterocycles. The molecule has 0 aliphatic carbocycles. The van der Waals surface area contributed by atoms with Crippen molar-refractivity contribution < 1.29 is 9.59 Å². The molecule has 1 aliphatic rings. The Balaban J connectivity index is 2.42. The maximum Gasteiger partial charge on any atom is 0.249 e. The van der Waals surface area contributed by atoms with Crippen molar-refractivity contribution in [2.45, 2.75) is 52.0 Å². The first-order chi connectivity index (χ1) is 9.93. The van der Waals surface area contributed by atoms with Crippen LogP contribution in [0.2, 0.25) is 0 Å². The maximum absolute atomic E-state index is 11.6. The van der Waals surface area contributed by atoms with Gasteiger partial charge in [0.05, 0.1) is 0 Å². The predicted octanol–water partition coefficient (Wildman–Crippen LogP) is 2.83. The zero-order valence-corrected chi connectivity index (χ0v) is 13.1. The van der Waals surface area contributed by atoms with Crippen LogP contribution in [0.15, 0.2) is 36.6 Å². The van der Waals surface area contributed by atoms with Gasteiger partial charge >= 0.3 is 0 Å². The molecule has 1 fully saturated rings. The van der Waals surface area contributed by atoms with Crippen LogP contribution in [0.25, 0.3) is 0 Å². The Hall–Kier alpha value is -1.84. The van der Waals surface area contributed by atoms with E-state index >= 15 is 0 Å². The minimum Gasteiger partial charge on any atom is -0.374 e. The molecule has 1 heterocycles. The second-order valence-corrected chi connectivity index (χ2v) is 5.62. The summed E-state index contributed by atoms with van der Waals surface area (Å²) in [5.74, 6) is -0.0436. The average molecular weight is 290 g/mol. The highest BCUT2D eigenvalue weighted by Crippen LogP contribution is 2.17. The van der Waals surface area contributed by atoms with Crippen molar-refractivity contribution in [1.82, 2.24) is 10.6 Å². The number of hydrogen-bond donors (Lipinski definition) is 2. The van der Waals surface area contributed by atoms with Crippen LogP contribution < -0.4 is 10.6 Å². The Morgan fingerprint density at radius 3 is 2.76 bits per heavy atom. The Bertz CT molecular complexity index is 452. The number of amides is 2. The highest BCUT2D eigenvalue weighted by atomic mass is 16.2. The molecule has 0 aromatic rings.